The van der Waals surface area contributed by atoms with E-state index in [1.165, 1.54) is 6.07 Å². The lowest BCUT2D eigenvalue weighted by Crippen LogP contribution is -2.09. The number of alkyl halides is 3. The van der Waals surface area contributed by atoms with E-state index in [1.54, 1.807) is 0 Å². The fourth-order valence-corrected chi connectivity index (χ4v) is 2.09. The Morgan fingerprint density at radius 2 is 1.95 bits per heavy atom. The van der Waals surface area contributed by atoms with Gasteiger partial charge in [-0.3, -0.25) is 0 Å². The van der Waals surface area contributed by atoms with Gasteiger partial charge in [-0.15, -0.1) is 0 Å². The Morgan fingerprint density at radius 1 is 1.25 bits per heavy atom. The topological polar surface area (TPSA) is 63.1 Å². The zero-order valence-corrected chi connectivity index (χ0v) is 10.1. The number of hydrogen-bond donors (Lipinski definition) is 1. The van der Waals surface area contributed by atoms with E-state index in [1.807, 2.05) is 0 Å². The van der Waals surface area contributed by atoms with E-state index in [4.69, 9.17) is 5.11 Å². The second kappa shape index (κ2) is 4.16. The molecule has 3 rings (SSSR count). The number of aromatic nitrogens is 2. The molecule has 104 valence electrons. The normalized spacial score (nSPS) is 15.6. The smallest absolute Gasteiger partial charge is 0.416 e. The van der Waals surface area contributed by atoms with Crippen LogP contribution in [-0.4, -0.2) is 21.0 Å². The quantitative estimate of drug-likeness (QED) is 0.918. The summed E-state index contributed by atoms with van der Waals surface area (Å²) in [5.41, 5.74) is -0.294. The third kappa shape index (κ3) is 2.19. The highest BCUT2D eigenvalue weighted by molar-refractivity contribution is 5.89. The number of benzene rings is 1. The van der Waals surface area contributed by atoms with Gasteiger partial charge in [0.1, 0.15) is 0 Å². The minimum absolute atomic E-state index is 0.0223. The summed E-state index contributed by atoms with van der Waals surface area (Å²) in [5, 5.41) is 9.44. The van der Waals surface area contributed by atoms with Gasteiger partial charge in [0.15, 0.2) is 0 Å². The van der Waals surface area contributed by atoms with Crippen molar-refractivity contribution in [1.82, 2.24) is 9.97 Å². The number of carboxylic acids is 1. The van der Waals surface area contributed by atoms with Crippen LogP contribution in [0.15, 0.2) is 18.2 Å². The van der Waals surface area contributed by atoms with Gasteiger partial charge in [0.25, 0.3) is 0 Å². The summed E-state index contributed by atoms with van der Waals surface area (Å²) >= 11 is 0. The maximum Gasteiger partial charge on any atom is 0.416 e. The second-order valence-electron chi connectivity index (χ2n) is 4.74. The zero-order valence-electron chi connectivity index (χ0n) is 10.1. The second-order valence-corrected chi connectivity index (χ2v) is 4.74. The van der Waals surface area contributed by atoms with Crippen LogP contribution in [0.2, 0.25) is 0 Å². The van der Waals surface area contributed by atoms with Crippen molar-refractivity contribution in [2.75, 3.05) is 0 Å². The van der Waals surface area contributed by atoms with Gasteiger partial charge in [0.05, 0.1) is 16.8 Å². The molecule has 1 aromatic heterocycles. The van der Waals surface area contributed by atoms with Crippen LogP contribution in [0.3, 0.4) is 0 Å². The Kier molecular flexibility index (Phi) is 2.67. The van der Waals surface area contributed by atoms with Crippen molar-refractivity contribution in [2.45, 2.75) is 24.9 Å². The molecule has 0 atom stereocenters. The van der Waals surface area contributed by atoms with Crippen LogP contribution < -0.4 is 0 Å². The summed E-state index contributed by atoms with van der Waals surface area (Å²) < 4.78 is 38.1. The number of halogens is 3. The number of hydrogen-bond acceptors (Lipinski definition) is 3. The number of carbonyl (C=O) groups is 1. The van der Waals surface area contributed by atoms with E-state index < -0.39 is 23.5 Å². The summed E-state index contributed by atoms with van der Waals surface area (Å²) in [6, 6.07) is 3.16. The summed E-state index contributed by atoms with van der Waals surface area (Å²) in [6.07, 6.45) is -2.75. The molecular formula is C13H9F3N2O2. The number of fused-ring (bicyclic) bond motifs is 1. The SMILES string of the molecule is O=C(O)c1nc(C2CC2)c2ccc(C(F)(F)F)cc2n1. The van der Waals surface area contributed by atoms with Crippen molar-refractivity contribution in [3.63, 3.8) is 0 Å². The van der Waals surface area contributed by atoms with Crippen LogP contribution in [0.25, 0.3) is 10.9 Å². The lowest BCUT2D eigenvalue weighted by molar-refractivity contribution is -0.137. The van der Waals surface area contributed by atoms with Gasteiger partial charge in [0, 0.05) is 11.3 Å². The van der Waals surface area contributed by atoms with Crippen molar-refractivity contribution < 1.29 is 23.1 Å². The maximum atomic E-state index is 12.7. The molecule has 1 fully saturated rings. The highest BCUT2D eigenvalue weighted by Gasteiger charge is 2.33. The molecule has 0 aliphatic heterocycles. The zero-order chi connectivity index (χ0) is 14.5. The third-order valence-electron chi connectivity index (χ3n) is 3.21. The molecule has 7 heteroatoms. The molecule has 0 amide bonds. The van der Waals surface area contributed by atoms with Crippen molar-refractivity contribution in [3.8, 4) is 0 Å². The molecule has 1 aliphatic rings. The van der Waals surface area contributed by atoms with Crippen LogP contribution in [-0.2, 0) is 6.18 Å². The predicted molar refractivity (Wildman–Crippen MR) is 63.5 cm³/mol. The Morgan fingerprint density at radius 3 is 2.50 bits per heavy atom. The van der Waals surface area contributed by atoms with Gasteiger partial charge in [-0.1, -0.05) is 6.07 Å². The molecule has 4 nitrogen and oxygen atoms in total. The van der Waals surface area contributed by atoms with Crippen molar-refractivity contribution in [1.29, 1.82) is 0 Å². The van der Waals surface area contributed by atoms with E-state index in [-0.39, 0.29) is 11.4 Å². The van der Waals surface area contributed by atoms with Crippen molar-refractivity contribution in [2.24, 2.45) is 0 Å². The lowest BCUT2D eigenvalue weighted by Gasteiger charge is -2.10. The van der Waals surface area contributed by atoms with Gasteiger partial charge >= 0.3 is 12.1 Å². The molecule has 20 heavy (non-hydrogen) atoms. The van der Waals surface area contributed by atoms with Crippen LogP contribution in [0.4, 0.5) is 13.2 Å². The molecular weight excluding hydrogens is 273 g/mol. The van der Waals surface area contributed by atoms with Gasteiger partial charge in [-0.2, -0.15) is 13.2 Å². The first-order chi connectivity index (χ1) is 9.36. The average molecular weight is 282 g/mol. The highest BCUT2D eigenvalue weighted by atomic mass is 19.4. The van der Waals surface area contributed by atoms with Crippen LogP contribution in [0.5, 0.6) is 0 Å². The summed E-state index contributed by atoms with van der Waals surface area (Å²) in [5.74, 6) is -1.68. The number of nitrogens with zero attached hydrogens (tertiary/aromatic N) is 2. The van der Waals surface area contributed by atoms with E-state index in [0.29, 0.717) is 11.1 Å². The molecule has 1 heterocycles. The Bertz CT molecular complexity index is 709. The molecule has 1 saturated carbocycles. The number of rotatable bonds is 2. The van der Waals surface area contributed by atoms with Gasteiger partial charge < -0.3 is 5.11 Å². The molecule has 0 unspecified atom stereocenters. The first-order valence-electron chi connectivity index (χ1n) is 5.98. The van der Waals surface area contributed by atoms with Crippen LogP contribution in [0, 0.1) is 0 Å². The predicted octanol–water partition coefficient (Wildman–Crippen LogP) is 3.22. The third-order valence-corrected chi connectivity index (χ3v) is 3.21. The van der Waals surface area contributed by atoms with Gasteiger partial charge in [-0.05, 0) is 25.0 Å². The van der Waals surface area contributed by atoms with Crippen molar-refractivity contribution in [3.05, 3.63) is 35.3 Å². The van der Waals surface area contributed by atoms with E-state index in [2.05, 4.69) is 9.97 Å². The van der Waals surface area contributed by atoms with E-state index in [0.717, 1.165) is 25.0 Å². The molecule has 0 saturated heterocycles. The molecule has 0 spiro atoms. The van der Waals surface area contributed by atoms with Gasteiger partial charge in [0.2, 0.25) is 5.82 Å². The molecule has 0 bridgehead atoms. The fourth-order valence-electron chi connectivity index (χ4n) is 2.09. The summed E-state index contributed by atoms with van der Waals surface area (Å²) in [7, 11) is 0. The Labute approximate surface area is 111 Å². The monoisotopic (exact) mass is 282 g/mol. The maximum absolute atomic E-state index is 12.7. The van der Waals surface area contributed by atoms with Crippen molar-refractivity contribution >= 4 is 16.9 Å². The van der Waals surface area contributed by atoms with E-state index >= 15 is 0 Å². The van der Waals surface area contributed by atoms with E-state index in [9.17, 15) is 18.0 Å². The fraction of sp³-hybridized carbons (Fsp3) is 0.308. The Hall–Kier alpha value is -2.18. The standard InChI is InChI=1S/C13H9F3N2O2/c14-13(15,16)7-3-4-8-9(5-7)17-11(12(19)20)18-10(8)6-1-2-6/h3-6H,1-2H2,(H,19,20). The first-order valence-corrected chi connectivity index (χ1v) is 5.98. The minimum atomic E-state index is -4.48. The summed E-state index contributed by atoms with van der Waals surface area (Å²) in [4.78, 5) is 18.6. The molecule has 0 radical (unpaired) electrons. The summed E-state index contributed by atoms with van der Waals surface area (Å²) in [6.45, 7) is 0. The number of carboxylic acid groups (broad SMARTS) is 1. The molecule has 1 aromatic carbocycles. The minimum Gasteiger partial charge on any atom is -0.475 e. The highest BCUT2D eigenvalue weighted by Crippen LogP contribution is 2.42. The molecule has 2 aromatic rings. The Balaban J connectivity index is 2.25. The molecule has 1 N–H and O–H groups in total. The largest absolute Gasteiger partial charge is 0.475 e. The van der Waals surface area contributed by atoms with Crippen LogP contribution in [0.1, 0.15) is 40.6 Å². The lowest BCUT2D eigenvalue weighted by atomic mass is 10.1. The number of aromatic carboxylic acids is 1. The van der Waals surface area contributed by atoms with Gasteiger partial charge in [-0.25, -0.2) is 14.8 Å². The first kappa shape index (κ1) is 12.8. The molecule has 1 aliphatic carbocycles. The average Bonchev–Trinajstić information content (AvgIpc) is 3.19. The van der Waals surface area contributed by atoms with Crippen LogP contribution >= 0.6 is 0 Å².